The zero-order chi connectivity index (χ0) is 14.0. The van der Waals surface area contributed by atoms with Crippen molar-refractivity contribution < 1.29 is 4.39 Å². The average Bonchev–Trinajstić information content (AvgIpc) is 2.36. The highest BCUT2D eigenvalue weighted by Crippen LogP contribution is 2.36. The molecule has 1 heterocycles. The molecule has 19 heavy (non-hydrogen) atoms. The summed E-state index contributed by atoms with van der Waals surface area (Å²) < 4.78 is 13.1. The fraction of sp³-hybridized carbons (Fsp3) is 0.0769. The average molecular weight is 316 g/mol. The van der Waals surface area contributed by atoms with Gasteiger partial charge in [0.1, 0.15) is 0 Å². The lowest BCUT2D eigenvalue weighted by atomic mass is 10.0. The molecule has 0 atom stereocenters. The van der Waals surface area contributed by atoms with Gasteiger partial charge in [-0.2, -0.15) is 9.65 Å². The standard InChI is InChI=1S/C13H6Cl3FN2/c14-10-3-8(4-11(15)13(10)16)9-6-19-12(17)5-7(9)1-2-18/h3-6H,1H2. The molecule has 0 N–H and O–H groups in total. The Bertz CT molecular complexity index is 657. The predicted molar refractivity (Wildman–Crippen MR) is 74.0 cm³/mol. The van der Waals surface area contributed by atoms with E-state index in [2.05, 4.69) is 4.98 Å². The molecule has 2 nitrogen and oxygen atoms in total. The van der Waals surface area contributed by atoms with Crippen LogP contribution in [0, 0.1) is 17.3 Å². The van der Waals surface area contributed by atoms with Crippen molar-refractivity contribution in [2.75, 3.05) is 0 Å². The van der Waals surface area contributed by atoms with Gasteiger partial charge in [0.2, 0.25) is 5.95 Å². The summed E-state index contributed by atoms with van der Waals surface area (Å²) in [5.41, 5.74) is 1.75. The molecule has 0 aliphatic heterocycles. The van der Waals surface area contributed by atoms with Gasteiger partial charge in [0.05, 0.1) is 27.6 Å². The van der Waals surface area contributed by atoms with Crippen molar-refractivity contribution in [1.29, 1.82) is 5.26 Å². The topological polar surface area (TPSA) is 36.7 Å². The summed E-state index contributed by atoms with van der Waals surface area (Å²) in [4.78, 5) is 3.58. The van der Waals surface area contributed by atoms with Gasteiger partial charge in [0, 0.05) is 11.8 Å². The van der Waals surface area contributed by atoms with Crippen LogP contribution in [0.15, 0.2) is 24.4 Å². The molecule has 1 aromatic carbocycles. The van der Waals surface area contributed by atoms with Gasteiger partial charge in [0.15, 0.2) is 0 Å². The highest BCUT2D eigenvalue weighted by Gasteiger charge is 2.12. The van der Waals surface area contributed by atoms with Gasteiger partial charge in [-0.15, -0.1) is 0 Å². The smallest absolute Gasteiger partial charge is 0.213 e. The van der Waals surface area contributed by atoms with Crippen LogP contribution in [-0.4, -0.2) is 4.98 Å². The minimum atomic E-state index is -0.639. The van der Waals surface area contributed by atoms with Crippen LogP contribution in [0.3, 0.4) is 0 Å². The van der Waals surface area contributed by atoms with Crippen LogP contribution in [0.5, 0.6) is 0 Å². The minimum absolute atomic E-state index is 0.0621. The van der Waals surface area contributed by atoms with E-state index in [1.54, 1.807) is 12.1 Å². The lowest BCUT2D eigenvalue weighted by molar-refractivity contribution is 0.582. The van der Waals surface area contributed by atoms with Gasteiger partial charge in [-0.1, -0.05) is 34.8 Å². The van der Waals surface area contributed by atoms with Crippen molar-refractivity contribution in [2.24, 2.45) is 0 Å². The van der Waals surface area contributed by atoms with Crippen molar-refractivity contribution in [2.45, 2.75) is 6.42 Å². The van der Waals surface area contributed by atoms with E-state index in [1.807, 2.05) is 6.07 Å². The Morgan fingerprint density at radius 1 is 1.16 bits per heavy atom. The zero-order valence-electron chi connectivity index (χ0n) is 9.42. The lowest BCUT2D eigenvalue weighted by Gasteiger charge is -2.09. The van der Waals surface area contributed by atoms with Gasteiger partial charge >= 0.3 is 0 Å². The molecule has 0 radical (unpaired) electrons. The van der Waals surface area contributed by atoms with Crippen LogP contribution >= 0.6 is 34.8 Å². The maximum atomic E-state index is 13.1. The molecule has 6 heteroatoms. The van der Waals surface area contributed by atoms with Crippen LogP contribution < -0.4 is 0 Å². The summed E-state index contributed by atoms with van der Waals surface area (Å²) >= 11 is 17.8. The van der Waals surface area contributed by atoms with E-state index in [0.717, 1.165) is 0 Å². The summed E-state index contributed by atoms with van der Waals surface area (Å²) in [5, 5.41) is 9.60. The first-order valence-electron chi connectivity index (χ1n) is 5.19. The van der Waals surface area contributed by atoms with E-state index >= 15 is 0 Å². The van der Waals surface area contributed by atoms with E-state index in [9.17, 15) is 4.39 Å². The van der Waals surface area contributed by atoms with Crippen molar-refractivity contribution in [3.63, 3.8) is 0 Å². The number of hydrogen-bond acceptors (Lipinski definition) is 2. The summed E-state index contributed by atoms with van der Waals surface area (Å²) in [6.45, 7) is 0. The molecule has 1 aromatic heterocycles. The fourth-order valence-corrected chi connectivity index (χ4v) is 2.27. The third-order valence-corrected chi connectivity index (χ3v) is 3.72. The SMILES string of the molecule is N#CCc1cc(F)ncc1-c1cc(Cl)c(Cl)c(Cl)c1. The van der Waals surface area contributed by atoms with E-state index in [-0.39, 0.29) is 21.5 Å². The number of aromatic nitrogens is 1. The molecule has 0 spiro atoms. The maximum absolute atomic E-state index is 13.1. The molecule has 0 bridgehead atoms. The maximum Gasteiger partial charge on any atom is 0.213 e. The first-order valence-corrected chi connectivity index (χ1v) is 6.32. The quantitative estimate of drug-likeness (QED) is 0.583. The van der Waals surface area contributed by atoms with Crippen molar-refractivity contribution in [1.82, 2.24) is 4.98 Å². The number of halogens is 4. The number of benzene rings is 1. The second kappa shape index (κ2) is 5.75. The molecule has 2 aromatic rings. The summed E-state index contributed by atoms with van der Waals surface area (Å²) in [6.07, 6.45) is 1.41. The number of rotatable bonds is 2. The van der Waals surface area contributed by atoms with Gasteiger partial charge in [0.25, 0.3) is 0 Å². The Morgan fingerprint density at radius 2 is 1.79 bits per heavy atom. The molecule has 0 unspecified atom stereocenters. The predicted octanol–water partition coefficient (Wildman–Crippen LogP) is 4.91. The van der Waals surface area contributed by atoms with Gasteiger partial charge in [-0.3, -0.25) is 0 Å². The Kier molecular flexibility index (Phi) is 4.26. The highest BCUT2D eigenvalue weighted by molar-refractivity contribution is 6.48. The van der Waals surface area contributed by atoms with Crippen LogP contribution in [-0.2, 0) is 6.42 Å². The first-order chi connectivity index (χ1) is 9.02. The normalized spacial score (nSPS) is 10.3. The van der Waals surface area contributed by atoms with Crippen LogP contribution in [0.1, 0.15) is 5.56 Å². The van der Waals surface area contributed by atoms with E-state index < -0.39 is 5.95 Å². The zero-order valence-corrected chi connectivity index (χ0v) is 11.7. The second-order valence-corrected chi connectivity index (χ2v) is 4.95. The summed E-state index contributed by atoms with van der Waals surface area (Å²) in [7, 11) is 0. The highest BCUT2D eigenvalue weighted by atomic mass is 35.5. The first kappa shape index (κ1) is 14.1. The van der Waals surface area contributed by atoms with Crippen LogP contribution in [0.4, 0.5) is 4.39 Å². The molecule has 0 aliphatic carbocycles. The largest absolute Gasteiger partial charge is 0.228 e. The molecular weight excluding hydrogens is 310 g/mol. The monoisotopic (exact) mass is 314 g/mol. The molecule has 0 aliphatic rings. The number of nitrogens with zero attached hydrogens (tertiary/aromatic N) is 2. The van der Waals surface area contributed by atoms with E-state index in [1.165, 1.54) is 12.3 Å². The molecule has 96 valence electrons. The second-order valence-electron chi connectivity index (χ2n) is 3.75. The van der Waals surface area contributed by atoms with Gasteiger partial charge in [-0.05, 0) is 29.3 Å². The molecule has 0 saturated carbocycles. The van der Waals surface area contributed by atoms with Crippen molar-refractivity contribution >= 4 is 34.8 Å². The molecule has 0 amide bonds. The van der Waals surface area contributed by atoms with Gasteiger partial charge < -0.3 is 0 Å². The third-order valence-electron chi connectivity index (χ3n) is 2.52. The Morgan fingerprint density at radius 3 is 2.37 bits per heavy atom. The van der Waals surface area contributed by atoms with Crippen LogP contribution in [0.2, 0.25) is 15.1 Å². The van der Waals surface area contributed by atoms with Crippen molar-refractivity contribution in [3.8, 4) is 17.2 Å². The Hall–Kier alpha value is -1.34. The number of pyridine rings is 1. The third kappa shape index (κ3) is 2.98. The van der Waals surface area contributed by atoms with Crippen LogP contribution in [0.25, 0.3) is 11.1 Å². The number of hydrogen-bond donors (Lipinski definition) is 0. The lowest BCUT2D eigenvalue weighted by Crippen LogP contribution is -1.93. The van der Waals surface area contributed by atoms with Crippen molar-refractivity contribution in [3.05, 3.63) is 51.0 Å². The minimum Gasteiger partial charge on any atom is -0.228 e. The molecule has 2 rings (SSSR count). The molecular formula is C13H6Cl3FN2. The van der Waals surface area contributed by atoms with E-state index in [4.69, 9.17) is 40.1 Å². The van der Waals surface area contributed by atoms with Gasteiger partial charge in [-0.25, -0.2) is 4.98 Å². The Balaban J connectivity index is 2.62. The fourth-order valence-electron chi connectivity index (χ4n) is 1.67. The summed E-state index contributed by atoms with van der Waals surface area (Å²) in [5.74, 6) is -0.639. The molecule has 0 saturated heterocycles. The molecule has 0 fully saturated rings. The number of nitriles is 1. The Labute approximate surface area is 124 Å². The van der Waals surface area contributed by atoms with E-state index in [0.29, 0.717) is 16.7 Å². The summed E-state index contributed by atoms with van der Waals surface area (Å²) in [6, 6.07) is 6.40.